The van der Waals surface area contributed by atoms with E-state index in [-0.39, 0.29) is 6.10 Å². The van der Waals surface area contributed by atoms with Gasteiger partial charge in [0.2, 0.25) is 0 Å². The highest BCUT2D eigenvalue weighted by atomic mass is 16.5. The molecule has 1 N–H and O–H groups in total. The van der Waals surface area contributed by atoms with Gasteiger partial charge in [0.15, 0.2) is 0 Å². The van der Waals surface area contributed by atoms with Crippen molar-refractivity contribution in [1.82, 2.24) is 14.9 Å². The van der Waals surface area contributed by atoms with E-state index in [1.807, 2.05) is 42.2 Å². The highest BCUT2D eigenvalue weighted by molar-refractivity contribution is 5.57. The molecule has 0 amide bonds. The number of imidazole rings is 1. The molecule has 1 aromatic heterocycles. The maximum absolute atomic E-state index is 5.89. The SMILES string of the molecule is COc1ccccc1/C=C/CNC[C@@H]1CCO[C@H]1c1nccn1C. The highest BCUT2D eigenvalue weighted by Crippen LogP contribution is 2.32. The van der Waals surface area contributed by atoms with E-state index in [0.29, 0.717) is 5.92 Å². The van der Waals surface area contributed by atoms with E-state index in [0.717, 1.165) is 43.3 Å². The molecule has 0 radical (unpaired) electrons. The van der Waals surface area contributed by atoms with Crippen LogP contribution in [-0.4, -0.2) is 36.4 Å². The van der Waals surface area contributed by atoms with Gasteiger partial charge in [-0.15, -0.1) is 0 Å². The summed E-state index contributed by atoms with van der Waals surface area (Å²) in [5.41, 5.74) is 1.09. The Bertz CT molecular complexity index is 681. The first-order valence-corrected chi connectivity index (χ1v) is 8.38. The molecule has 2 atom stereocenters. The number of para-hydroxylation sites is 1. The topological polar surface area (TPSA) is 48.3 Å². The summed E-state index contributed by atoms with van der Waals surface area (Å²) in [7, 11) is 3.72. The molecule has 1 fully saturated rings. The Balaban J connectivity index is 1.49. The van der Waals surface area contributed by atoms with Crippen LogP contribution in [0.5, 0.6) is 5.75 Å². The molecule has 1 saturated heterocycles. The Morgan fingerprint density at radius 3 is 3.08 bits per heavy atom. The fourth-order valence-electron chi connectivity index (χ4n) is 3.12. The summed E-state index contributed by atoms with van der Waals surface area (Å²) in [6.07, 6.45) is 9.18. The van der Waals surface area contributed by atoms with E-state index < -0.39 is 0 Å². The fraction of sp³-hybridized carbons (Fsp3) is 0.421. The Hall–Kier alpha value is -2.11. The number of methoxy groups -OCH3 is 1. The number of hydrogen-bond acceptors (Lipinski definition) is 4. The van der Waals surface area contributed by atoms with Crippen LogP contribution in [0, 0.1) is 5.92 Å². The van der Waals surface area contributed by atoms with Crippen molar-refractivity contribution in [3.05, 3.63) is 54.1 Å². The molecule has 0 spiro atoms. The Labute approximate surface area is 143 Å². The summed E-state index contributed by atoms with van der Waals surface area (Å²) < 4.78 is 13.3. The first-order chi connectivity index (χ1) is 11.8. The maximum atomic E-state index is 5.89. The number of aryl methyl sites for hydroxylation is 1. The molecule has 3 rings (SSSR count). The van der Waals surface area contributed by atoms with Gasteiger partial charge >= 0.3 is 0 Å². The lowest BCUT2D eigenvalue weighted by Crippen LogP contribution is -2.26. The normalized spacial score (nSPS) is 20.8. The van der Waals surface area contributed by atoms with Crippen LogP contribution in [0.2, 0.25) is 0 Å². The second-order valence-electron chi connectivity index (χ2n) is 6.04. The number of aromatic nitrogens is 2. The van der Waals surface area contributed by atoms with Crippen molar-refractivity contribution in [2.45, 2.75) is 12.5 Å². The van der Waals surface area contributed by atoms with Crippen LogP contribution in [0.3, 0.4) is 0 Å². The summed E-state index contributed by atoms with van der Waals surface area (Å²) in [5, 5.41) is 3.50. The second-order valence-corrected chi connectivity index (χ2v) is 6.04. The molecular formula is C19H25N3O2. The largest absolute Gasteiger partial charge is 0.496 e. The predicted octanol–water partition coefficient (Wildman–Crippen LogP) is 2.81. The standard InChI is InChI=1S/C19H25N3O2/c1-22-12-11-21-19(22)18-16(9-13-24-18)14-20-10-5-7-15-6-3-4-8-17(15)23-2/h3-8,11-12,16,18,20H,9-10,13-14H2,1-2H3/b7-5+/t16-,18+/m0/s1. The monoisotopic (exact) mass is 327 g/mol. The molecule has 128 valence electrons. The lowest BCUT2D eigenvalue weighted by Gasteiger charge is -2.18. The quantitative estimate of drug-likeness (QED) is 0.795. The molecular weight excluding hydrogens is 302 g/mol. The lowest BCUT2D eigenvalue weighted by molar-refractivity contribution is 0.0814. The summed E-state index contributed by atoms with van der Waals surface area (Å²) in [6.45, 7) is 2.55. The molecule has 0 unspecified atom stereocenters. The molecule has 1 aliphatic heterocycles. The van der Waals surface area contributed by atoms with Gasteiger partial charge in [-0.2, -0.15) is 0 Å². The molecule has 5 nitrogen and oxygen atoms in total. The van der Waals surface area contributed by atoms with Crippen LogP contribution in [0.25, 0.3) is 6.08 Å². The zero-order chi connectivity index (χ0) is 16.8. The van der Waals surface area contributed by atoms with E-state index >= 15 is 0 Å². The number of hydrogen-bond donors (Lipinski definition) is 1. The van der Waals surface area contributed by atoms with Crippen LogP contribution in [-0.2, 0) is 11.8 Å². The smallest absolute Gasteiger partial charge is 0.137 e. The summed E-state index contributed by atoms with van der Waals surface area (Å²) in [5.74, 6) is 2.38. The molecule has 2 heterocycles. The zero-order valence-corrected chi connectivity index (χ0v) is 14.3. The van der Waals surface area contributed by atoms with Crippen LogP contribution >= 0.6 is 0 Å². The van der Waals surface area contributed by atoms with Gasteiger partial charge in [-0.1, -0.05) is 30.4 Å². The highest BCUT2D eigenvalue weighted by Gasteiger charge is 2.31. The minimum Gasteiger partial charge on any atom is -0.496 e. The van der Waals surface area contributed by atoms with Crippen molar-refractivity contribution in [3.63, 3.8) is 0 Å². The number of benzene rings is 1. The zero-order valence-electron chi connectivity index (χ0n) is 14.3. The number of nitrogens with one attached hydrogen (secondary N) is 1. The third kappa shape index (κ3) is 3.86. The van der Waals surface area contributed by atoms with E-state index in [1.54, 1.807) is 7.11 Å². The second kappa shape index (κ2) is 8.13. The molecule has 1 aliphatic rings. The molecule has 5 heteroatoms. The molecule has 24 heavy (non-hydrogen) atoms. The average molecular weight is 327 g/mol. The van der Waals surface area contributed by atoms with Crippen molar-refractivity contribution < 1.29 is 9.47 Å². The first-order valence-electron chi connectivity index (χ1n) is 8.38. The Kier molecular flexibility index (Phi) is 5.67. The van der Waals surface area contributed by atoms with Crippen LogP contribution in [0.1, 0.15) is 23.9 Å². The van der Waals surface area contributed by atoms with Gasteiger partial charge in [0.05, 0.1) is 7.11 Å². The van der Waals surface area contributed by atoms with Gasteiger partial charge < -0.3 is 19.4 Å². The van der Waals surface area contributed by atoms with E-state index in [9.17, 15) is 0 Å². The summed E-state index contributed by atoms with van der Waals surface area (Å²) in [6, 6.07) is 8.02. The minimum absolute atomic E-state index is 0.0932. The average Bonchev–Trinajstić information content (AvgIpc) is 3.23. The van der Waals surface area contributed by atoms with Crippen molar-refractivity contribution in [2.75, 3.05) is 26.8 Å². The Morgan fingerprint density at radius 1 is 1.42 bits per heavy atom. The summed E-state index contributed by atoms with van der Waals surface area (Å²) in [4.78, 5) is 4.43. The fourth-order valence-corrected chi connectivity index (χ4v) is 3.12. The van der Waals surface area contributed by atoms with Crippen molar-refractivity contribution >= 4 is 6.08 Å². The van der Waals surface area contributed by atoms with Gasteiger partial charge in [-0.05, 0) is 12.5 Å². The van der Waals surface area contributed by atoms with Crippen LogP contribution < -0.4 is 10.1 Å². The van der Waals surface area contributed by atoms with Crippen molar-refractivity contribution in [3.8, 4) is 5.75 Å². The van der Waals surface area contributed by atoms with Gasteiger partial charge in [-0.3, -0.25) is 0 Å². The predicted molar refractivity (Wildman–Crippen MR) is 94.9 cm³/mol. The number of rotatable bonds is 7. The van der Waals surface area contributed by atoms with E-state index in [1.165, 1.54) is 0 Å². The Morgan fingerprint density at radius 2 is 2.29 bits per heavy atom. The van der Waals surface area contributed by atoms with Crippen molar-refractivity contribution in [1.29, 1.82) is 0 Å². The van der Waals surface area contributed by atoms with E-state index in [4.69, 9.17) is 9.47 Å². The van der Waals surface area contributed by atoms with Gasteiger partial charge in [0, 0.05) is 50.6 Å². The number of nitrogens with zero attached hydrogens (tertiary/aromatic N) is 2. The first kappa shape index (κ1) is 16.7. The molecule has 2 aromatic rings. The molecule has 0 bridgehead atoms. The third-order valence-corrected chi connectivity index (χ3v) is 4.43. The van der Waals surface area contributed by atoms with Crippen LogP contribution in [0.4, 0.5) is 0 Å². The third-order valence-electron chi connectivity index (χ3n) is 4.43. The van der Waals surface area contributed by atoms with E-state index in [2.05, 4.69) is 28.5 Å². The van der Waals surface area contributed by atoms with Gasteiger partial charge in [0.1, 0.15) is 17.7 Å². The molecule has 1 aromatic carbocycles. The van der Waals surface area contributed by atoms with Gasteiger partial charge in [0.25, 0.3) is 0 Å². The molecule has 0 aliphatic carbocycles. The number of ether oxygens (including phenoxy) is 2. The molecule has 0 saturated carbocycles. The van der Waals surface area contributed by atoms with Crippen LogP contribution in [0.15, 0.2) is 42.7 Å². The van der Waals surface area contributed by atoms with Gasteiger partial charge in [-0.25, -0.2) is 4.98 Å². The summed E-state index contributed by atoms with van der Waals surface area (Å²) >= 11 is 0. The van der Waals surface area contributed by atoms with Crippen molar-refractivity contribution in [2.24, 2.45) is 13.0 Å². The maximum Gasteiger partial charge on any atom is 0.137 e. The lowest BCUT2D eigenvalue weighted by atomic mass is 10.0. The minimum atomic E-state index is 0.0932.